The van der Waals surface area contributed by atoms with Crippen molar-refractivity contribution in [2.45, 2.75) is 30.5 Å². The summed E-state index contributed by atoms with van der Waals surface area (Å²) >= 11 is 1.20. The molecule has 1 aliphatic carbocycles. The van der Waals surface area contributed by atoms with Gasteiger partial charge < -0.3 is 0 Å². The van der Waals surface area contributed by atoms with Gasteiger partial charge in [0.05, 0.1) is 17.7 Å². The lowest BCUT2D eigenvalue weighted by Gasteiger charge is -2.09. The first-order valence-electron chi connectivity index (χ1n) is 9.31. The Morgan fingerprint density at radius 3 is 2.48 bits per heavy atom. The third-order valence-electron chi connectivity index (χ3n) is 4.51. The third-order valence-corrected chi connectivity index (χ3v) is 5.45. The fourth-order valence-corrected chi connectivity index (χ4v) is 3.82. The van der Waals surface area contributed by atoms with Gasteiger partial charge in [0.1, 0.15) is 5.82 Å². The van der Waals surface area contributed by atoms with E-state index in [0.29, 0.717) is 16.5 Å². The van der Waals surface area contributed by atoms with Crippen molar-refractivity contribution in [3.63, 3.8) is 0 Å². The molecule has 2 amide bonds. The van der Waals surface area contributed by atoms with Gasteiger partial charge in [-0.3, -0.25) is 19.5 Å². The summed E-state index contributed by atoms with van der Waals surface area (Å²) in [6.45, 7) is 0. The van der Waals surface area contributed by atoms with Crippen molar-refractivity contribution in [2.24, 2.45) is 0 Å². The van der Waals surface area contributed by atoms with Crippen molar-refractivity contribution in [3.05, 3.63) is 66.0 Å². The molecule has 148 valence electrons. The average molecular weight is 410 g/mol. The molecule has 2 aromatic carbocycles. The van der Waals surface area contributed by atoms with Crippen molar-refractivity contribution in [1.29, 1.82) is 0 Å². The van der Waals surface area contributed by atoms with Crippen molar-refractivity contribution >= 4 is 23.6 Å². The van der Waals surface area contributed by atoms with Crippen LogP contribution in [0.3, 0.4) is 0 Å². The van der Waals surface area contributed by atoms with E-state index < -0.39 is 5.91 Å². The molecule has 3 aromatic rings. The van der Waals surface area contributed by atoms with E-state index in [0.717, 1.165) is 18.4 Å². The zero-order valence-corrected chi connectivity index (χ0v) is 16.4. The molecule has 8 heteroatoms. The van der Waals surface area contributed by atoms with Gasteiger partial charge in [-0.15, -0.1) is 10.2 Å². The van der Waals surface area contributed by atoms with Crippen LogP contribution in [-0.2, 0) is 16.0 Å². The zero-order valence-electron chi connectivity index (χ0n) is 15.5. The predicted octanol–water partition coefficient (Wildman–Crippen LogP) is 3.40. The van der Waals surface area contributed by atoms with Gasteiger partial charge in [0.25, 0.3) is 0 Å². The van der Waals surface area contributed by atoms with E-state index in [1.165, 1.54) is 17.8 Å². The number of rotatable bonds is 7. The number of carbonyl (C=O) groups is 2. The van der Waals surface area contributed by atoms with E-state index in [-0.39, 0.29) is 29.9 Å². The number of carbonyl (C=O) groups excluding carboxylic acids is 2. The molecule has 0 spiro atoms. The maximum absolute atomic E-state index is 14.2. The van der Waals surface area contributed by atoms with Gasteiger partial charge in [0, 0.05) is 6.04 Å². The van der Waals surface area contributed by atoms with Crippen LogP contribution in [0.5, 0.6) is 0 Å². The molecule has 1 heterocycles. The number of nitrogens with one attached hydrogen (secondary N) is 1. The summed E-state index contributed by atoms with van der Waals surface area (Å²) in [5.41, 5.74) is 1.23. The molecule has 0 radical (unpaired) electrons. The molecule has 29 heavy (non-hydrogen) atoms. The predicted molar refractivity (Wildman–Crippen MR) is 108 cm³/mol. The summed E-state index contributed by atoms with van der Waals surface area (Å²) < 4.78 is 16.1. The first-order valence-corrected chi connectivity index (χ1v) is 10.3. The van der Waals surface area contributed by atoms with Crippen LogP contribution in [0.4, 0.5) is 4.39 Å². The van der Waals surface area contributed by atoms with E-state index in [9.17, 15) is 14.0 Å². The average Bonchev–Trinajstić information content (AvgIpc) is 3.47. The number of hydrogen-bond acceptors (Lipinski definition) is 5. The van der Waals surface area contributed by atoms with Gasteiger partial charge in [0.2, 0.25) is 11.8 Å². The molecule has 0 aliphatic heterocycles. The lowest BCUT2D eigenvalue weighted by Crippen LogP contribution is -2.33. The monoisotopic (exact) mass is 410 g/mol. The summed E-state index contributed by atoms with van der Waals surface area (Å²) in [4.78, 5) is 24.2. The molecule has 1 saturated carbocycles. The van der Waals surface area contributed by atoms with Crippen LogP contribution < -0.4 is 5.32 Å². The largest absolute Gasteiger partial charge is 0.299 e. The van der Waals surface area contributed by atoms with Crippen LogP contribution >= 0.6 is 11.8 Å². The Labute approximate surface area is 171 Å². The molecule has 6 nitrogen and oxygen atoms in total. The summed E-state index contributed by atoms with van der Waals surface area (Å²) in [7, 11) is 0. The normalized spacial score (nSPS) is 13.3. The molecule has 1 aromatic heterocycles. The standard InChI is InChI=1S/C21H19FN4O2S/c22-17-9-5-4-8-16(17)20-24-25-21(26(20)15-10-11-15)29-13-19(28)23-18(27)12-14-6-2-1-3-7-14/h1-9,15H,10-13H2,(H,23,27,28). The van der Waals surface area contributed by atoms with Crippen molar-refractivity contribution < 1.29 is 14.0 Å². The number of halogens is 1. The SMILES string of the molecule is O=C(CSc1nnc(-c2ccccc2F)n1C1CC1)NC(=O)Cc1ccccc1. The summed E-state index contributed by atoms with van der Waals surface area (Å²) in [6.07, 6.45) is 2.08. The van der Waals surface area contributed by atoms with Gasteiger partial charge in [-0.1, -0.05) is 54.2 Å². The second-order valence-corrected chi connectivity index (χ2v) is 7.75. The Balaban J connectivity index is 1.40. The highest BCUT2D eigenvalue weighted by molar-refractivity contribution is 7.99. The highest BCUT2D eigenvalue weighted by Gasteiger charge is 2.31. The Hall–Kier alpha value is -3.00. The van der Waals surface area contributed by atoms with Crippen molar-refractivity contribution in [2.75, 3.05) is 5.75 Å². The third kappa shape index (κ3) is 4.71. The number of hydrogen-bond donors (Lipinski definition) is 1. The number of nitrogens with zero attached hydrogens (tertiary/aromatic N) is 3. The van der Waals surface area contributed by atoms with E-state index >= 15 is 0 Å². The fraction of sp³-hybridized carbons (Fsp3) is 0.238. The first kappa shape index (κ1) is 19.3. The van der Waals surface area contributed by atoms with Crippen LogP contribution in [0, 0.1) is 5.82 Å². The number of thioether (sulfide) groups is 1. The molecule has 4 rings (SSSR count). The van der Waals surface area contributed by atoms with E-state index in [2.05, 4.69) is 15.5 Å². The van der Waals surface area contributed by atoms with E-state index in [4.69, 9.17) is 0 Å². The van der Waals surface area contributed by atoms with Crippen LogP contribution in [-0.4, -0.2) is 32.3 Å². The maximum atomic E-state index is 14.2. The van der Waals surface area contributed by atoms with Gasteiger partial charge in [-0.05, 0) is 30.5 Å². The molecule has 0 unspecified atom stereocenters. The van der Waals surface area contributed by atoms with Gasteiger partial charge in [-0.2, -0.15) is 0 Å². The van der Waals surface area contributed by atoms with Crippen LogP contribution in [0.1, 0.15) is 24.4 Å². The maximum Gasteiger partial charge on any atom is 0.237 e. The van der Waals surface area contributed by atoms with E-state index in [1.54, 1.807) is 18.2 Å². The highest BCUT2D eigenvalue weighted by atomic mass is 32.2. The molecule has 1 aliphatic rings. The second kappa shape index (κ2) is 8.57. The van der Waals surface area contributed by atoms with Gasteiger partial charge >= 0.3 is 0 Å². The van der Waals surface area contributed by atoms with Gasteiger partial charge in [-0.25, -0.2) is 4.39 Å². The molecule has 1 N–H and O–H groups in total. The molecule has 0 bridgehead atoms. The van der Waals surface area contributed by atoms with Crippen molar-refractivity contribution in [3.8, 4) is 11.4 Å². The molecule has 0 saturated heterocycles. The molecular formula is C21H19FN4O2S. The minimum atomic E-state index is -0.395. The smallest absolute Gasteiger partial charge is 0.237 e. The molecule has 0 atom stereocenters. The topological polar surface area (TPSA) is 76.9 Å². The lowest BCUT2D eigenvalue weighted by atomic mass is 10.1. The second-order valence-electron chi connectivity index (χ2n) is 6.81. The van der Waals surface area contributed by atoms with Crippen LogP contribution in [0.2, 0.25) is 0 Å². The van der Waals surface area contributed by atoms with Crippen LogP contribution in [0.25, 0.3) is 11.4 Å². The number of imide groups is 1. The number of benzene rings is 2. The number of amides is 2. The summed E-state index contributed by atoms with van der Waals surface area (Å²) in [5.74, 6) is -0.606. The minimum Gasteiger partial charge on any atom is -0.299 e. The Bertz CT molecular complexity index is 1030. The molecule has 1 fully saturated rings. The summed E-state index contributed by atoms with van der Waals surface area (Å²) in [6, 6.07) is 15.9. The Kier molecular flexibility index (Phi) is 5.71. The lowest BCUT2D eigenvalue weighted by molar-refractivity contribution is -0.128. The van der Waals surface area contributed by atoms with Crippen LogP contribution in [0.15, 0.2) is 59.8 Å². The Morgan fingerprint density at radius 1 is 1.03 bits per heavy atom. The Morgan fingerprint density at radius 2 is 1.76 bits per heavy atom. The highest BCUT2D eigenvalue weighted by Crippen LogP contribution is 2.41. The first-order chi connectivity index (χ1) is 14.1. The number of aromatic nitrogens is 3. The minimum absolute atomic E-state index is 0.0304. The summed E-state index contributed by atoms with van der Waals surface area (Å²) in [5, 5.41) is 11.3. The van der Waals surface area contributed by atoms with Crippen molar-refractivity contribution in [1.82, 2.24) is 20.1 Å². The zero-order chi connectivity index (χ0) is 20.2. The molecular weight excluding hydrogens is 391 g/mol. The van der Waals surface area contributed by atoms with E-state index in [1.807, 2.05) is 34.9 Å². The fourth-order valence-electron chi connectivity index (χ4n) is 3.01. The quantitative estimate of drug-likeness (QED) is 0.604. The van der Waals surface area contributed by atoms with Gasteiger partial charge in [0.15, 0.2) is 11.0 Å².